The number of imidazole rings is 1. The number of amides is 1. The van der Waals surface area contributed by atoms with Gasteiger partial charge in [0.1, 0.15) is 11.5 Å². The number of nitrogens with zero attached hydrogens (tertiary/aromatic N) is 2. The zero-order chi connectivity index (χ0) is 14.7. The molecule has 6 heteroatoms. The molecule has 0 radical (unpaired) electrons. The SMILES string of the molecule is COCCCN1CC[C@H](c2nc3c([nH]2)CCCNC3=O)C1. The number of hydrogen-bond donors (Lipinski definition) is 2. The predicted octanol–water partition coefficient (Wildman–Crippen LogP) is 0.912. The maximum absolute atomic E-state index is 12.0. The summed E-state index contributed by atoms with van der Waals surface area (Å²) in [4.78, 5) is 22.4. The number of aromatic amines is 1. The molecule has 0 spiro atoms. The summed E-state index contributed by atoms with van der Waals surface area (Å²) in [7, 11) is 1.74. The van der Waals surface area contributed by atoms with E-state index in [0.29, 0.717) is 11.6 Å². The van der Waals surface area contributed by atoms with Crippen molar-refractivity contribution in [2.45, 2.75) is 31.6 Å². The summed E-state index contributed by atoms with van der Waals surface area (Å²) in [6.45, 7) is 4.76. The van der Waals surface area contributed by atoms with Gasteiger partial charge in [0, 0.05) is 45.0 Å². The smallest absolute Gasteiger partial charge is 0.271 e. The van der Waals surface area contributed by atoms with Crippen molar-refractivity contribution in [3.8, 4) is 0 Å². The van der Waals surface area contributed by atoms with Gasteiger partial charge in [0.15, 0.2) is 0 Å². The lowest BCUT2D eigenvalue weighted by Crippen LogP contribution is -2.23. The first-order valence-electron chi connectivity index (χ1n) is 7.86. The molecule has 0 aliphatic carbocycles. The number of H-pyrrole nitrogens is 1. The van der Waals surface area contributed by atoms with Crippen molar-refractivity contribution in [1.29, 1.82) is 0 Å². The van der Waals surface area contributed by atoms with Crippen molar-refractivity contribution in [2.24, 2.45) is 0 Å². The van der Waals surface area contributed by atoms with Gasteiger partial charge < -0.3 is 19.9 Å². The molecular weight excluding hydrogens is 268 g/mol. The number of likely N-dealkylation sites (tertiary alicyclic amines) is 1. The first kappa shape index (κ1) is 14.5. The van der Waals surface area contributed by atoms with E-state index in [1.807, 2.05) is 0 Å². The van der Waals surface area contributed by atoms with Crippen LogP contribution in [0.1, 0.15) is 47.2 Å². The molecule has 3 heterocycles. The highest BCUT2D eigenvalue weighted by Crippen LogP contribution is 2.26. The second kappa shape index (κ2) is 6.58. The Bertz CT molecular complexity index is 500. The molecule has 0 saturated carbocycles. The van der Waals surface area contributed by atoms with Gasteiger partial charge in [-0.05, 0) is 32.2 Å². The highest BCUT2D eigenvalue weighted by molar-refractivity contribution is 5.93. The topological polar surface area (TPSA) is 70.2 Å². The number of fused-ring (bicyclic) bond motifs is 1. The number of carbonyl (C=O) groups is 1. The minimum Gasteiger partial charge on any atom is -0.385 e. The minimum atomic E-state index is -0.0278. The third-order valence-electron chi connectivity index (χ3n) is 4.38. The van der Waals surface area contributed by atoms with Crippen LogP contribution in [0.4, 0.5) is 0 Å². The molecule has 21 heavy (non-hydrogen) atoms. The van der Waals surface area contributed by atoms with Crippen LogP contribution in [0.2, 0.25) is 0 Å². The molecule has 1 aromatic rings. The molecule has 2 aliphatic rings. The summed E-state index contributed by atoms with van der Waals surface area (Å²) in [6.07, 6.45) is 4.07. The van der Waals surface area contributed by atoms with Crippen LogP contribution < -0.4 is 5.32 Å². The van der Waals surface area contributed by atoms with Gasteiger partial charge in [-0.2, -0.15) is 0 Å². The largest absolute Gasteiger partial charge is 0.385 e. The highest BCUT2D eigenvalue weighted by Gasteiger charge is 2.28. The first-order valence-corrected chi connectivity index (χ1v) is 7.86. The van der Waals surface area contributed by atoms with Crippen molar-refractivity contribution in [3.63, 3.8) is 0 Å². The van der Waals surface area contributed by atoms with E-state index in [0.717, 1.165) is 70.0 Å². The molecule has 1 aromatic heterocycles. The van der Waals surface area contributed by atoms with Crippen molar-refractivity contribution in [3.05, 3.63) is 17.2 Å². The summed E-state index contributed by atoms with van der Waals surface area (Å²) in [5.74, 6) is 1.39. The van der Waals surface area contributed by atoms with E-state index >= 15 is 0 Å². The van der Waals surface area contributed by atoms with Gasteiger partial charge >= 0.3 is 0 Å². The summed E-state index contributed by atoms with van der Waals surface area (Å²) in [5, 5.41) is 2.90. The zero-order valence-corrected chi connectivity index (χ0v) is 12.7. The van der Waals surface area contributed by atoms with E-state index < -0.39 is 0 Å². The Morgan fingerprint density at radius 2 is 2.38 bits per heavy atom. The average Bonchev–Trinajstić information content (AvgIpc) is 3.07. The second-order valence-electron chi connectivity index (χ2n) is 5.94. The van der Waals surface area contributed by atoms with Gasteiger partial charge in [-0.15, -0.1) is 0 Å². The first-order chi connectivity index (χ1) is 10.3. The number of aryl methyl sites for hydroxylation is 1. The van der Waals surface area contributed by atoms with E-state index in [1.165, 1.54) is 0 Å². The number of aromatic nitrogens is 2. The molecule has 1 amide bonds. The molecule has 1 atom stereocenters. The Morgan fingerprint density at radius 1 is 1.48 bits per heavy atom. The molecule has 2 aliphatic heterocycles. The molecule has 0 aromatic carbocycles. The van der Waals surface area contributed by atoms with Crippen LogP contribution >= 0.6 is 0 Å². The highest BCUT2D eigenvalue weighted by atomic mass is 16.5. The third-order valence-corrected chi connectivity index (χ3v) is 4.38. The maximum Gasteiger partial charge on any atom is 0.271 e. The van der Waals surface area contributed by atoms with Crippen molar-refractivity contribution >= 4 is 5.91 Å². The van der Waals surface area contributed by atoms with Gasteiger partial charge in [-0.3, -0.25) is 4.79 Å². The second-order valence-corrected chi connectivity index (χ2v) is 5.94. The molecule has 0 unspecified atom stereocenters. The summed E-state index contributed by atoms with van der Waals surface area (Å²) < 4.78 is 5.10. The van der Waals surface area contributed by atoms with Crippen molar-refractivity contribution in [2.75, 3.05) is 39.9 Å². The van der Waals surface area contributed by atoms with Crippen LogP contribution in [0.15, 0.2) is 0 Å². The molecule has 0 bridgehead atoms. The third kappa shape index (κ3) is 3.27. The quantitative estimate of drug-likeness (QED) is 0.792. The van der Waals surface area contributed by atoms with Gasteiger partial charge in [0.05, 0.1) is 0 Å². The van der Waals surface area contributed by atoms with Crippen LogP contribution in [0, 0.1) is 0 Å². The molecular formula is C15H24N4O2. The summed E-state index contributed by atoms with van der Waals surface area (Å²) >= 11 is 0. The Balaban J connectivity index is 1.63. The minimum absolute atomic E-state index is 0.0278. The summed E-state index contributed by atoms with van der Waals surface area (Å²) in [6, 6.07) is 0. The van der Waals surface area contributed by atoms with Crippen molar-refractivity contribution < 1.29 is 9.53 Å². The van der Waals surface area contributed by atoms with E-state index in [1.54, 1.807) is 7.11 Å². The van der Waals surface area contributed by atoms with Crippen LogP contribution in [0.3, 0.4) is 0 Å². The Labute approximate surface area is 125 Å². The van der Waals surface area contributed by atoms with Crippen LogP contribution in [-0.4, -0.2) is 60.7 Å². The van der Waals surface area contributed by atoms with Gasteiger partial charge in [0.25, 0.3) is 5.91 Å². The van der Waals surface area contributed by atoms with E-state index in [2.05, 4.69) is 20.2 Å². The standard InChI is InChI=1S/C15H24N4O2/c1-21-9-3-7-19-8-5-11(10-19)14-17-12-4-2-6-16-15(20)13(12)18-14/h11H,2-10H2,1H3,(H,16,20)(H,17,18)/t11-/m0/s1. The monoisotopic (exact) mass is 292 g/mol. The van der Waals surface area contributed by atoms with Crippen molar-refractivity contribution in [1.82, 2.24) is 20.2 Å². The average molecular weight is 292 g/mol. The molecule has 6 nitrogen and oxygen atoms in total. The predicted molar refractivity (Wildman–Crippen MR) is 79.5 cm³/mol. The van der Waals surface area contributed by atoms with Crippen LogP contribution in [0.5, 0.6) is 0 Å². The number of rotatable bonds is 5. The molecule has 1 saturated heterocycles. The Kier molecular flexibility index (Phi) is 4.55. The fourth-order valence-corrected chi connectivity index (χ4v) is 3.23. The number of methoxy groups -OCH3 is 1. The fourth-order valence-electron chi connectivity index (χ4n) is 3.23. The van der Waals surface area contributed by atoms with E-state index in [-0.39, 0.29) is 5.91 Å². The molecule has 116 valence electrons. The van der Waals surface area contributed by atoms with E-state index in [4.69, 9.17) is 4.74 Å². The maximum atomic E-state index is 12.0. The van der Waals surface area contributed by atoms with Crippen LogP contribution in [0.25, 0.3) is 0 Å². The Hall–Kier alpha value is -1.40. The number of hydrogen-bond acceptors (Lipinski definition) is 4. The lowest BCUT2D eigenvalue weighted by molar-refractivity contribution is 0.0951. The normalized spacial score (nSPS) is 22.9. The van der Waals surface area contributed by atoms with E-state index in [9.17, 15) is 4.79 Å². The Morgan fingerprint density at radius 3 is 3.24 bits per heavy atom. The lowest BCUT2D eigenvalue weighted by atomic mass is 10.1. The number of carbonyl (C=O) groups excluding carboxylic acids is 1. The van der Waals surface area contributed by atoms with Gasteiger partial charge in [-0.25, -0.2) is 4.98 Å². The fraction of sp³-hybridized carbons (Fsp3) is 0.733. The van der Waals surface area contributed by atoms with Crippen LogP contribution in [-0.2, 0) is 11.2 Å². The summed E-state index contributed by atoms with van der Waals surface area (Å²) in [5.41, 5.74) is 1.62. The lowest BCUT2D eigenvalue weighted by Gasteiger charge is -2.14. The number of nitrogens with one attached hydrogen (secondary N) is 2. The molecule has 2 N–H and O–H groups in total. The van der Waals surface area contributed by atoms with Gasteiger partial charge in [0.2, 0.25) is 0 Å². The van der Waals surface area contributed by atoms with Gasteiger partial charge in [-0.1, -0.05) is 0 Å². The molecule has 1 fully saturated rings. The zero-order valence-electron chi connectivity index (χ0n) is 12.7. The number of ether oxygens (including phenoxy) is 1. The molecule has 3 rings (SSSR count).